The lowest BCUT2D eigenvalue weighted by Crippen LogP contribution is -1.89. The van der Waals surface area contributed by atoms with Gasteiger partial charge in [-0.05, 0) is 18.4 Å². The number of benzene rings is 1. The third-order valence-electron chi connectivity index (χ3n) is 2.77. The summed E-state index contributed by atoms with van der Waals surface area (Å²) in [6, 6.07) is 8.10. The van der Waals surface area contributed by atoms with E-state index in [4.69, 9.17) is 0 Å². The quantitative estimate of drug-likeness (QED) is 0.540. The van der Waals surface area contributed by atoms with E-state index in [9.17, 15) is 4.79 Å². The first-order chi connectivity index (χ1) is 8.83. The Kier molecular flexibility index (Phi) is 2.93. The van der Waals surface area contributed by atoms with Crippen LogP contribution in [0.2, 0.25) is 0 Å². The average Bonchev–Trinajstić information content (AvgIpc) is 2.98. The van der Waals surface area contributed by atoms with Crippen LogP contribution in [0.5, 0.6) is 0 Å². The Labute approximate surface area is 112 Å². The molecule has 0 saturated carbocycles. The lowest BCUT2D eigenvalue weighted by Gasteiger charge is -2.00. The maximum absolute atomic E-state index is 11.2. The number of thiazole rings is 1. The van der Waals surface area contributed by atoms with Crippen molar-refractivity contribution < 1.29 is 4.79 Å². The maximum Gasteiger partial charge on any atom is 0.194 e. The number of imidazole rings is 1. The van der Waals surface area contributed by atoms with E-state index in [1.54, 1.807) is 11.8 Å². The van der Waals surface area contributed by atoms with Gasteiger partial charge in [0.1, 0.15) is 11.4 Å². The molecule has 0 spiro atoms. The molecule has 2 heterocycles. The molecule has 3 rings (SSSR count). The molecule has 90 valence electrons. The first-order valence-electron chi connectivity index (χ1n) is 5.38. The molecule has 0 fully saturated rings. The lowest BCUT2D eigenvalue weighted by molar-refractivity contribution is 0.111. The van der Waals surface area contributed by atoms with Gasteiger partial charge >= 0.3 is 0 Å². The molecule has 0 aliphatic rings. The normalized spacial score (nSPS) is 10.9. The van der Waals surface area contributed by atoms with Crippen LogP contribution >= 0.6 is 23.1 Å². The van der Waals surface area contributed by atoms with E-state index < -0.39 is 0 Å². The van der Waals surface area contributed by atoms with E-state index in [1.165, 1.54) is 16.2 Å². The molecule has 0 bridgehead atoms. The largest absolute Gasteiger partial charge is 0.296 e. The van der Waals surface area contributed by atoms with Gasteiger partial charge in [-0.15, -0.1) is 23.1 Å². The number of fused-ring (bicyclic) bond motifs is 1. The first-order valence-corrected chi connectivity index (χ1v) is 7.49. The number of carbonyl (C=O) groups excluding carboxylic acids is 1. The van der Waals surface area contributed by atoms with Crippen LogP contribution in [-0.4, -0.2) is 21.9 Å². The van der Waals surface area contributed by atoms with E-state index in [-0.39, 0.29) is 0 Å². The van der Waals surface area contributed by atoms with Crippen LogP contribution in [0.4, 0.5) is 0 Å². The Balaban J connectivity index is 2.17. The number of nitrogens with zero attached hydrogens (tertiary/aromatic N) is 2. The van der Waals surface area contributed by atoms with Crippen molar-refractivity contribution in [1.82, 2.24) is 9.38 Å². The number of aromatic nitrogens is 2. The summed E-state index contributed by atoms with van der Waals surface area (Å²) >= 11 is 3.23. The van der Waals surface area contributed by atoms with E-state index in [0.717, 1.165) is 22.5 Å². The highest BCUT2D eigenvalue weighted by molar-refractivity contribution is 7.98. The van der Waals surface area contributed by atoms with Crippen LogP contribution in [0.15, 0.2) is 40.7 Å². The van der Waals surface area contributed by atoms with Gasteiger partial charge in [-0.1, -0.05) is 12.1 Å². The topological polar surface area (TPSA) is 34.4 Å². The molecule has 5 heteroatoms. The number of aldehydes is 1. The fourth-order valence-corrected chi connectivity index (χ4v) is 3.01. The summed E-state index contributed by atoms with van der Waals surface area (Å²) in [5.41, 5.74) is 2.35. The highest BCUT2D eigenvalue weighted by Crippen LogP contribution is 2.27. The molecule has 0 amide bonds. The van der Waals surface area contributed by atoms with Gasteiger partial charge in [0.05, 0.1) is 0 Å². The summed E-state index contributed by atoms with van der Waals surface area (Å²) in [6.07, 6.45) is 4.78. The van der Waals surface area contributed by atoms with Crippen LogP contribution in [0.1, 0.15) is 10.5 Å². The smallest absolute Gasteiger partial charge is 0.194 e. The molecular formula is C13H10N2OS2. The zero-order chi connectivity index (χ0) is 12.5. The number of thioether (sulfide) groups is 1. The maximum atomic E-state index is 11.2. The van der Waals surface area contributed by atoms with Crippen molar-refractivity contribution in [3.8, 4) is 11.3 Å². The van der Waals surface area contributed by atoms with Crippen LogP contribution in [0.25, 0.3) is 16.2 Å². The lowest BCUT2D eigenvalue weighted by atomic mass is 10.1. The van der Waals surface area contributed by atoms with Gasteiger partial charge < -0.3 is 0 Å². The molecule has 0 atom stereocenters. The van der Waals surface area contributed by atoms with Crippen molar-refractivity contribution in [1.29, 1.82) is 0 Å². The second-order valence-corrected chi connectivity index (χ2v) is 5.50. The van der Waals surface area contributed by atoms with Crippen LogP contribution in [0, 0.1) is 0 Å². The van der Waals surface area contributed by atoms with Gasteiger partial charge in [0, 0.05) is 22.0 Å². The minimum Gasteiger partial charge on any atom is -0.296 e. The molecular weight excluding hydrogens is 264 g/mol. The summed E-state index contributed by atoms with van der Waals surface area (Å²) in [6.45, 7) is 0. The van der Waals surface area contributed by atoms with Crippen molar-refractivity contribution >= 4 is 34.3 Å². The number of rotatable bonds is 3. The fraction of sp³-hybridized carbons (Fsp3) is 0.0769. The standard InChI is InChI=1S/C13H10N2OS2/c1-17-10-4-2-9(3-5-10)12-11(8-16)15-6-7-18-13(15)14-12/h2-8H,1H3. The minimum atomic E-state index is 0.614. The summed E-state index contributed by atoms with van der Waals surface area (Å²) < 4.78 is 1.83. The van der Waals surface area contributed by atoms with Crippen molar-refractivity contribution in [2.75, 3.05) is 6.26 Å². The summed E-state index contributed by atoms with van der Waals surface area (Å²) in [7, 11) is 0. The SMILES string of the molecule is CSc1ccc(-c2nc3sccn3c2C=O)cc1. The third kappa shape index (κ3) is 1.76. The molecule has 0 aliphatic heterocycles. The molecule has 0 radical (unpaired) electrons. The van der Waals surface area contributed by atoms with Crippen molar-refractivity contribution in [2.45, 2.75) is 4.90 Å². The number of hydrogen-bond donors (Lipinski definition) is 0. The highest BCUT2D eigenvalue weighted by Gasteiger charge is 2.13. The molecule has 3 aromatic rings. The Morgan fingerprint density at radius 3 is 2.78 bits per heavy atom. The average molecular weight is 274 g/mol. The first kappa shape index (κ1) is 11.5. The molecule has 0 N–H and O–H groups in total. The predicted octanol–water partition coefficient (Wildman–Crippen LogP) is 3.60. The second kappa shape index (κ2) is 4.59. The Morgan fingerprint density at radius 1 is 1.33 bits per heavy atom. The highest BCUT2D eigenvalue weighted by atomic mass is 32.2. The van der Waals surface area contributed by atoms with E-state index in [0.29, 0.717) is 5.69 Å². The molecule has 1 aromatic carbocycles. The third-order valence-corrected chi connectivity index (χ3v) is 4.27. The Hall–Kier alpha value is -1.59. The predicted molar refractivity (Wildman–Crippen MR) is 75.7 cm³/mol. The van der Waals surface area contributed by atoms with Gasteiger partial charge in [-0.25, -0.2) is 4.98 Å². The molecule has 3 nitrogen and oxygen atoms in total. The molecule has 0 aliphatic carbocycles. The molecule has 18 heavy (non-hydrogen) atoms. The Bertz CT molecular complexity index is 697. The molecule has 0 unspecified atom stereocenters. The summed E-state index contributed by atoms with van der Waals surface area (Å²) in [5.74, 6) is 0. The second-order valence-electron chi connectivity index (χ2n) is 3.75. The van der Waals surface area contributed by atoms with Crippen LogP contribution in [0.3, 0.4) is 0 Å². The van der Waals surface area contributed by atoms with Crippen molar-refractivity contribution in [3.05, 3.63) is 41.5 Å². The zero-order valence-corrected chi connectivity index (χ0v) is 11.3. The monoisotopic (exact) mass is 274 g/mol. The Morgan fingerprint density at radius 2 is 2.11 bits per heavy atom. The van der Waals surface area contributed by atoms with Gasteiger partial charge in [0.15, 0.2) is 11.2 Å². The van der Waals surface area contributed by atoms with E-state index in [1.807, 2.05) is 46.5 Å². The van der Waals surface area contributed by atoms with Crippen LogP contribution < -0.4 is 0 Å². The van der Waals surface area contributed by atoms with Gasteiger partial charge in [0.2, 0.25) is 0 Å². The minimum absolute atomic E-state index is 0.614. The molecule has 0 saturated heterocycles. The van der Waals surface area contributed by atoms with Crippen LogP contribution in [-0.2, 0) is 0 Å². The van der Waals surface area contributed by atoms with E-state index >= 15 is 0 Å². The zero-order valence-electron chi connectivity index (χ0n) is 9.66. The number of hydrogen-bond acceptors (Lipinski definition) is 4. The van der Waals surface area contributed by atoms with Crippen molar-refractivity contribution in [2.24, 2.45) is 0 Å². The van der Waals surface area contributed by atoms with Crippen molar-refractivity contribution in [3.63, 3.8) is 0 Å². The fourth-order valence-electron chi connectivity index (χ4n) is 1.88. The van der Waals surface area contributed by atoms with Gasteiger partial charge in [-0.3, -0.25) is 9.20 Å². The van der Waals surface area contributed by atoms with E-state index in [2.05, 4.69) is 4.98 Å². The number of carbonyl (C=O) groups is 1. The summed E-state index contributed by atoms with van der Waals surface area (Å²) in [4.78, 5) is 17.8. The van der Waals surface area contributed by atoms with Gasteiger partial charge in [-0.2, -0.15) is 0 Å². The van der Waals surface area contributed by atoms with Gasteiger partial charge in [0.25, 0.3) is 0 Å². The summed E-state index contributed by atoms with van der Waals surface area (Å²) in [5, 5.41) is 1.93. The molecule has 2 aromatic heterocycles.